The lowest BCUT2D eigenvalue weighted by Crippen LogP contribution is -1.98. The number of rotatable bonds is 19. The number of halogens is 1. The van der Waals surface area contributed by atoms with E-state index in [0.29, 0.717) is 6.61 Å². The Morgan fingerprint density at radius 3 is 1.30 bits per heavy atom. The summed E-state index contributed by atoms with van der Waals surface area (Å²) in [5.41, 5.74) is 0. The highest BCUT2D eigenvalue weighted by Crippen LogP contribution is 2.19. The summed E-state index contributed by atoms with van der Waals surface area (Å²) in [6.45, 7) is 2.65. The van der Waals surface area contributed by atoms with E-state index < -0.39 is 0 Å². The normalized spacial score (nSPS) is 12.7. The number of aliphatic hydroxyl groups excluding tert-OH is 1. The smallest absolute Gasteiger partial charge is 0.0431 e. The number of hydrogen-bond acceptors (Lipinski definition) is 1. The van der Waals surface area contributed by atoms with E-state index in [4.69, 9.17) is 5.11 Å². The molecule has 23 heavy (non-hydrogen) atoms. The van der Waals surface area contributed by atoms with Crippen LogP contribution in [0.1, 0.15) is 122 Å². The van der Waals surface area contributed by atoms with E-state index in [1.54, 1.807) is 0 Å². The first-order valence-electron chi connectivity index (χ1n) is 10.6. The summed E-state index contributed by atoms with van der Waals surface area (Å²) < 4.78 is 0. The van der Waals surface area contributed by atoms with Crippen LogP contribution < -0.4 is 0 Å². The summed E-state index contributed by atoms with van der Waals surface area (Å²) in [5.74, 6) is 0. The topological polar surface area (TPSA) is 20.2 Å². The standard InChI is InChI=1S/C21H43BrO/c1-2-3-4-5-6-9-12-15-18-21(22)19-16-13-10-7-8-11-14-17-20-23/h21,23H,2-20H2,1H3. The maximum atomic E-state index is 8.72. The van der Waals surface area contributed by atoms with Crippen molar-refractivity contribution in [2.24, 2.45) is 0 Å². The largest absolute Gasteiger partial charge is 0.396 e. The van der Waals surface area contributed by atoms with Crippen LogP contribution in [0.25, 0.3) is 0 Å². The first-order valence-corrected chi connectivity index (χ1v) is 11.5. The van der Waals surface area contributed by atoms with Gasteiger partial charge >= 0.3 is 0 Å². The van der Waals surface area contributed by atoms with E-state index >= 15 is 0 Å². The first-order chi connectivity index (χ1) is 11.3. The summed E-state index contributed by atoms with van der Waals surface area (Å²) in [5, 5.41) is 8.72. The van der Waals surface area contributed by atoms with Crippen molar-refractivity contribution >= 4 is 15.9 Å². The van der Waals surface area contributed by atoms with Gasteiger partial charge < -0.3 is 5.11 Å². The van der Waals surface area contributed by atoms with Gasteiger partial charge in [0.25, 0.3) is 0 Å². The zero-order chi connectivity index (χ0) is 17.0. The average Bonchev–Trinajstić information content (AvgIpc) is 2.56. The van der Waals surface area contributed by atoms with Gasteiger partial charge in [-0.3, -0.25) is 0 Å². The van der Waals surface area contributed by atoms with Gasteiger partial charge in [0.15, 0.2) is 0 Å². The second kappa shape index (κ2) is 20.5. The van der Waals surface area contributed by atoms with Crippen molar-refractivity contribution in [2.45, 2.75) is 127 Å². The van der Waals surface area contributed by atoms with E-state index in [9.17, 15) is 0 Å². The number of alkyl halides is 1. The van der Waals surface area contributed by atoms with Gasteiger partial charge in [0, 0.05) is 11.4 Å². The SMILES string of the molecule is CCCCCCCCCCC(Br)CCCCCCCCCCO. The maximum absolute atomic E-state index is 8.72. The van der Waals surface area contributed by atoms with Crippen LogP contribution in [0.2, 0.25) is 0 Å². The number of hydrogen-bond donors (Lipinski definition) is 1. The van der Waals surface area contributed by atoms with Crippen LogP contribution in [0, 0.1) is 0 Å². The molecule has 0 aromatic heterocycles. The van der Waals surface area contributed by atoms with Crippen LogP contribution in [0.15, 0.2) is 0 Å². The fraction of sp³-hybridized carbons (Fsp3) is 1.00. The van der Waals surface area contributed by atoms with E-state index in [2.05, 4.69) is 22.9 Å². The Hall–Kier alpha value is 0.440. The summed E-state index contributed by atoms with van der Waals surface area (Å²) in [7, 11) is 0. The van der Waals surface area contributed by atoms with Gasteiger partial charge in [0.1, 0.15) is 0 Å². The van der Waals surface area contributed by atoms with Crippen LogP contribution in [-0.2, 0) is 0 Å². The molecule has 0 spiro atoms. The minimum atomic E-state index is 0.367. The molecule has 0 bridgehead atoms. The van der Waals surface area contributed by atoms with Crippen molar-refractivity contribution in [2.75, 3.05) is 6.61 Å². The highest BCUT2D eigenvalue weighted by Gasteiger charge is 2.03. The van der Waals surface area contributed by atoms with Gasteiger partial charge in [-0.25, -0.2) is 0 Å². The quantitative estimate of drug-likeness (QED) is 0.176. The molecule has 0 aromatic rings. The molecule has 0 fully saturated rings. The van der Waals surface area contributed by atoms with Crippen LogP contribution in [0.4, 0.5) is 0 Å². The van der Waals surface area contributed by atoms with Crippen LogP contribution in [-0.4, -0.2) is 16.5 Å². The molecule has 140 valence electrons. The maximum Gasteiger partial charge on any atom is 0.0431 e. The molecular formula is C21H43BrO. The van der Waals surface area contributed by atoms with Crippen molar-refractivity contribution in [3.63, 3.8) is 0 Å². The average molecular weight is 391 g/mol. The van der Waals surface area contributed by atoms with E-state index in [0.717, 1.165) is 11.2 Å². The molecular weight excluding hydrogens is 348 g/mol. The molecule has 0 aliphatic rings. The van der Waals surface area contributed by atoms with Crippen molar-refractivity contribution < 1.29 is 5.11 Å². The summed E-state index contributed by atoms with van der Waals surface area (Å²) >= 11 is 3.87. The zero-order valence-electron chi connectivity index (χ0n) is 15.8. The van der Waals surface area contributed by atoms with Crippen LogP contribution in [0.3, 0.4) is 0 Å². The van der Waals surface area contributed by atoms with Gasteiger partial charge in [-0.1, -0.05) is 119 Å². The molecule has 0 saturated heterocycles. The van der Waals surface area contributed by atoms with Gasteiger partial charge in [-0.05, 0) is 19.3 Å². The number of aliphatic hydroxyl groups is 1. The highest BCUT2D eigenvalue weighted by atomic mass is 79.9. The third kappa shape index (κ3) is 20.4. The minimum Gasteiger partial charge on any atom is -0.396 e. The summed E-state index contributed by atoms with van der Waals surface area (Å²) in [4.78, 5) is 0.757. The Morgan fingerprint density at radius 1 is 0.565 bits per heavy atom. The second-order valence-electron chi connectivity index (χ2n) is 7.20. The lowest BCUT2D eigenvalue weighted by molar-refractivity contribution is 0.282. The Balaban J connectivity index is 3.11. The van der Waals surface area contributed by atoms with E-state index in [-0.39, 0.29) is 0 Å². The minimum absolute atomic E-state index is 0.367. The Morgan fingerprint density at radius 2 is 0.913 bits per heavy atom. The Bertz CT molecular complexity index is 208. The van der Waals surface area contributed by atoms with Crippen molar-refractivity contribution in [1.82, 2.24) is 0 Å². The van der Waals surface area contributed by atoms with Gasteiger partial charge in [-0.15, -0.1) is 0 Å². The van der Waals surface area contributed by atoms with Crippen LogP contribution >= 0.6 is 15.9 Å². The third-order valence-corrected chi connectivity index (χ3v) is 5.71. The molecule has 1 nitrogen and oxygen atoms in total. The first kappa shape index (κ1) is 23.4. The summed E-state index contributed by atoms with van der Waals surface area (Å²) in [6, 6.07) is 0. The van der Waals surface area contributed by atoms with Crippen LogP contribution in [0.5, 0.6) is 0 Å². The molecule has 0 aliphatic heterocycles. The van der Waals surface area contributed by atoms with E-state index in [1.165, 1.54) is 109 Å². The lowest BCUT2D eigenvalue weighted by atomic mass is 10.0. The molecule has 1 N–H and O–H groups in total. The molecule has 0 radical (unpaired) electrons. The molecule has 0 saturated carbocycles. The van der Waals surface area contributed by atoms with E-state index in [1.807, 2.05) is 0 Å². The predicted molar refractivity (Wildman–Crippen MR) is 109 cm³/mol. The lowest BCUT2D eigenvalue weighted by Gasteiger charge is -2.09. The molecule has 1 atom stereocenters. The molecule has 0 amide bonds. The predicted octanol–water partition coefficient (Wildman–Crippen LogP) is 7.78. The molecule has 0 heterocycles. The Kier molecular flexibility index (Phi) is 20.9. The fourth-order valence-corrected chi connectivity index (χ4v) is 3.83. The Labute approximate surface area is 155 Å². The molecule has 1 unspecified atom stereocenters. The zero-order valence-corrected chi connectivity index (χ0v) is 17.4. The van der Waals surface area contributed by atoms with Crippen molar-refractivity contribution in [1.29, 1.82) is 0 Å². The summed E-state index contributed by atoms with van der Waals surface area (Å²) in [6.07, 6.45) is 24.6. The highest BCUT2D eigenvalue weighted by molar-refractivity contribution is 9.09. The molecule has 2 heteroatoms. The number of unbranched alkanes of at least 4 members (excludes halogenated alkanes) is 14. The van der Waals surface area contributed by atoms with Crippen molar-refractivity contribution in [3.8, 4) is 0 Å². The molecule has 0 rings (SSSR count). The second-order valence-corrected chi connectivity index (χ2v) is 8.50. The molecule has 0 aliphatic carbocycles. The van der Waals surface area contributed by atoms with Crippen molar-refractivity contribution in [3.05, 3.63) is 0 Å². The third-order valence-electron chi connectivity index (χ3n) is 4.80. The van der Waals surface area contributed by atoms with Gasteiger partial charge in [0.2, 0.25) is 0 Å². The van der Waals surface area contributed by atoms with Gasteiger partial charge in [-0.2, -0.15) is 0 Å². The monoisotopic (exact) mass is 390 g/mol. The molecule has 0 aromatic carbocycles. The van der Waals surface area contributed by atoms with Gasteiger partial charge in [0.05, 0.1) is 0 Å². The fourth-order valence-electron chi connectivity index (χ4n) is 3.18.